The predicted octanol–water partition coefficient (Wildman–Crippen LogP) is 5.07. The number of benzene rings is 1. The molecule has 0 N–H and O–H groups in total. The Morgan fingerprint density at radius 3 is 2.59 bits per heavy atom. The summed E-state index contributed by atoms with van der Waals surface area (Å²) in [6.07, 6.45) is 10.7. The lowest BCUT2D eigenvalue weighted by molar-refractivity contribution is -0.132. The fourth-order valence-corrected chi connectivity index (χ4v) is 5.18. The van der Waals surface area contributed by atoms with E-state index in [1.54, 1.807) is 0 Å². The van der Waals surface area contributed by atoms with Crippen molar-refractivity contribution in [2.75, 3.05) is 32.7 Å². The molecule has 0 bridgehead atoms. The van der Waals surface area contributed by atoms with Crippen molar-refractivity contribution in [3.8, 4) is 5.75 Å². The average Bonchev–Trinajstić information content (AvgIpc) is 2.84. The van der Waals surface area contributed by atoms with Gasteiger partial charge in [-0.3, -0.25) is 9.78 Å². The molecule has 5 nitrogen and oxygen atoms in total. The molecule has 1 aromatic heterocycles. The third kappa shape index (κ3) is 5.80. The maximum atomic E-state index is 11.9. The molecule has 0 radical (unpaired) electrons. The number of pyridine rings is 1. The largest absolute Gasteiger partial charge is 0.488 e. The van der Waals surface area contributed by atoms with Crippen LogP contribution in [0.1, 0.15) is 64.4 Å². The van der Waals surface area contributed by atoms with Gasteiger partial charge < -0.3 is 14.5 Å². The summed E-state index contributed by atoms with van der Waals surface area (Å²) in [6.45, 7) is 9.43. The highest BCUT2D eigenvalue weighted by Gasteiger charge is 2.26. The smallest absolute Gasteiger partial charge is 0.222 e. The first-order chi connectivity index (χ1) is 15.7. The normalized spacial score (nSPS) is 18.9. The second-order valence-corrected chi connectivity index (χ2v) is 9.57. The number of piperidine rings is 2. The van der Waals surface area contributed by atoms with Crippen molar-refractivity contribution >= 4 is 16.8 Å². The molecule has 174 valence electrons. The van der Waals surface area contributed by atoms with Crippen LogP contribution in [0.2, 0.25) is 0 Å². The first kappa shape index (κ1) is 23.0. The van der Waals surface area contributed by atoms with E-state index in [-0.39, 0.29) is 6.10 Å². The van der Waals surface area contributed by atoms with E-state index in [4.69, 9.17) is 4.74 Å². The van der Waals surface area contributed by atoms with Crippen LogP contribution in [0.25, 0.3) is 10.9 Å². The zero-order valence-corrected chi connectivity index (χ0v) is 19.9. The average molecular weight is 438 g/mol. The van der Waals surface area contributed by atoms with Crippen LogP contribution in [-0.4, -0.2) is 59.5 Å². The number of carbonyl (C=O) groups excluding carboxylic acids is 1. The fraction of sp³-hybridized carbons (Fsp3) is 0.630. The third-order valence-corrected chi connectivity index (χ3v) is 7.16. The lowest BCUT2D eigenvalue weighted by atomic mass is 9.95. The van der Waals surface area contributed by atoms with Crippen LogP contribution < -0.4 is 4.74 Å². The maximum absolute atomic E-state index is 11.9. The lowest BCUT2D eigenvalue weighted by Gasteiger charge is -2.37. The number of aromatic nitrogens is 1. The SMILES string of the molecule is CCCCc1cc(OC2CCN(CC3CCN(C(=O)CC)CC3)CC2)c2ncccc2c1. The van der Waals surface area contributed by atoms with Gasteiger partial charge in [0, 0.05) is 50.7 Å². The molecule has 2 aliphatic heterocycles. The van der Waals surface area contributed by atoms with E-state index in [0.29, 0.717) is 12.3 Å². The van der Waals surface area contributed by atoms with E-state index in [1.165, 1.54) is 23.8 Å². The van der Waals surface area contributed by atoms with Crippen molar-refractivity contribution in [1.82, 2.24) is 14.8 Å². The molecule has 2 aliphatic rings. The van der Waals surface area contributed by atoms with Gasteiger partial charge in [0.05, 0.1) is 0 Å². The molecule has 0 atom stereocenters. The number of nitrogens with zero attached hydrogens (tertiary/aromatic N) is 3. The Hall–Kier alpha value is -2.14. The Labute approximate surface area is 193 Å². The fourth-order valence-electron chi connectivity index (χ4n) is 5.18. The predicted molar refractivity (Wildman–Crippen MR) is 130 cm³/mol. The molecule has 0 saturated carbocycles. The van der Waals surface area contributed by atoms with Gasteiger partial charge in [-0.2, -0.15) is 0 Å². The van der Waals surface area contributed by atoms with Crippen LogP contribution in [0.5, 0.6) is 5.75 Å². The maximum Gasteiger partial charge on any atom is 0.222 e. The number of fused-ring (bicyclic) bond motifs is 1. The van der Waals surface area contributed by atoms with Crippen LogP contribution in [-0.2, 0) is 11.2 Å². The minimum atomic E-state index is 0.266. The van der Waals surface area contributed by atoms with Crippen molar-refractivity contribution < 1.29 is 9.53 Å². The molecule has 2 saturated heterocycles. The van der Waals surface area contributed by atoms with Crippen molar-refractivity contribution in [2.24, 2.45) is 5.92 Å². The molecule has 3 heterocycles. The van der Waals surface area contributed by atoms with Gasteiger partial charge in [0.15, 0.2) is 0 Å². The van der Waals surface area contributed by atoms with Gasteiger partial charge in [-0.05, 0) is 68.2 Å². The number of aryl methyl sites for hydroxylation is 1. The molecule has 2 fully saturated rings. The molecule has 32 heavy (non-hydrogen) atoms. The first-order valence-electron chi connectivity index (χ1n) is 12.7. The summed E-state index contributed by atoms with van der Waals surface area (Å²) in [6, 6.07) is 8.65. The van der Waals surface area contributed by atoms with Crippen molar-refractivity contribution in [1.29, 1.82) is 0 Å². The number of likely N-dealkylation sites (tertiary alicyclic amines) is 2. The Balaban J connectivity index is 1.30. The molecule has 0 unspecified atom stereocenters. The van der Waals surface area contributed by atoms with Gasteiger partial charge in [-0.25, -0.2) is 0 Å². The molecule has 2 aromatic rings. The van der Waals surface area contributed by atoms with Crippen LogP contribution in [0.3, 0.4) is 0 Å². The number of rotatable bonds is 8. The molecular formula is C27H39N3O2. The Kier molecular flexibility index (Phi) is 8.01. The van der Waals surface area contributed by atoms with E-state index in [0.717, 1.165) is 82.0 Å². The molecular weight excluding hydrogens is 398 g/mol. The number of unbranched alkanes of at least 4 members (excludes halogenated alkanes) is 1. The summed E-state index contributed by atoms with van der Waals surface area (Å²) in [5.41, 5.74) is 2.34. The summed E-state index contributed by atoms with van der Waals surface area (Å²) in [7, 11) is 0. The van der Waals surface area contributed by atoms with Gasteiger partial charge in [-0.15, -0.1) is 0 Å². The quantitative estimate of drug-likeness (QED) is 0.578. The topological polar surface area (TPSA) is 45.7 Å². The molecule has 5 heteroatoms. The van der Waals surface area contributed by atoms with Gasteiger partial charge in [0.1, 0.15) is 17.4 Å². The molecule has 0 aliphatic carbocycles. The highest BCUT2D eigenvalue weighted by molar-refractivity contribution is 5.85. The minimum absolute atomic E-state index is 0.266. The summed E-state index contributed by atoms with van der Waals surface area (Å²) in [5, 5.41) is 1.18. The first-order valence-corrected chi connectivity index (χ1v) is 12.7. The third-order valence-electron chi connectivity index (χ3n) is 7.16. The zero-order chi connectivity index (χ0) is 22.3. The Morgan fingerprint density at radius 2 is 1.88 bits per heavy atom. The summed E-state index contributed by atoms with van der Waals surface area (Å²) < 4.78 is 6.55. The van der Waals surface area contributed by atoms with E-state index < -0.39 is 0 Å². The van der Waals surface area contributed by atoms with Crippen molar-refractivity contribution in [2.45, 2.75) is 71.3 Å². The second kappa shape index (κ2) is 11.1. The number of carbonyl (C=O) groups is 1. The van der Waals surface area contributed by atoms with Gasteiger partial charge in [0.2, 0.25) is 5.91 Å². The number of ether oxygens (including phenoxy) is 1. The molecule has 4 rings (SSSR count). The molecule has 1 aromatic carbocycles. The van der Waals surface area contributed by atoms with E-state index in [2.05, 4.69) is 35.0 Å². The van der Waals surface area contributed by atoms with E-state index in [1.807, 2.05) is 24.1 Å². The van der Waals surface area contributed by atoms with Gasteiger partial charge in [0.25, 0.3) is 0 Å². The Morgan fingerprint density at radius 1 is 1.09 bits per heavy atom. The van der Waals surface area contributed by atoms with Gasteiger partial charge in [-0.1, -0.05) is 26.3 Å². The number of amides is 1. The van der Waals surface area contributed by atoms with E-state index in [9.17, 15) is 4.79 Å². The van der Waals surface area contributed by atoms with Crippen LogP contribution in [0.15, 0.2) is 30.5 Å². The monoisotopic (exact) mass is 437 g/mol. The van der Waals surface area contributed by atoms with Crippen molar-refractivity contribution in [3.05, 3.63) is 36.0 Å². The zero-order valence-electron chi connectivity index (χ0n) is 19.9. The summed E-state index contributed by atoms with van der Waals surface area (Å²) in [5.74, 6) is 1.99. The van der Waals surface area contributed by atoms with Crippen LogP contribution in [0, 0.1) is 5.92 Å². The summed E-state index contributed by atoms with van der Waals surface area (Å²) >= 11 is 0. The van der Waals surface area contributed by atoms with Crippen LogP contribution in [0.4, 0.5) is 0 Å². The lowest BCUT2D eigenvalue weighted by Crippen LogP contribution is -2.44. The van der Waals surface area contributed by atoms with Gasteiger partial charge >= 0.3 is 0 Å². The second-order valence-electron chi connectivity index (χ2n) is 9.57. The Bertz CT molecular complexity index is 884. The highest BCUT2D eigenvalue weighted by atomic mass is 16.5. The number of hydrogen-bond acceptors (Lipinski definition) is 4. The number of hydrogen-bond donors (Lipinski definition) is 0. The van der Waals surface area contributed by atoms with Crippen LogP contribution >= 0.6 is 0 Å². The molecule has 1 amide bonds. The van der Waals surface area contributed by atoms with Crippen molar-refractivity contribution in [3.63, 3.8) is 0 Å². The summed E-state index contributed by atoms with van der Waals surface area (Å²) in [4.78, 5) is 21.2. The minimum Gasteiger partial charge on any atom is -0.488 e. The van der Waals surface area contributed by atoms with E-state index >= 15 is 0 Å². The molecule has 0 spiro atoms. The highest BCUT2D eigenvalue weighted by Crippen LogP contribution is 2.30. The standard InChI is InChI=1S/C27H39N3O2/c1-3-5-7-22-18-23-8-6-13-28-27(23)25(19-22)32-24-11-14-29(15-12-24)20-21-9-16-30(17-10-21)26(31)4-2/h6,8,13,18-19,21,24H,3-5,7,9-12,14-17,20H2,1-2H3.